The zero-order valence-electron chi connectivity index (χ0n) is 14.6. The molecular formula is C18H29N3OS. The minimum absolute atomic E-state index is 0.0670. The third-order valence-electron chi connectivity index (χ3n) is 4.77. The summed E-state index contributed by atoms with van der Waals surface area (Å²) < 4.78 is 0. The van der Waals surface area contributed by atoms with Gasteiger partial charge in [-0.15, -0.1) is 11.3 Å². The maximum atomic E-state index is 12.5. The molecule has 0 unspecified atom stereocenters. The van der Waals surface area contributed by atoms with E-state index in [2.05, 4.69) is 31.1 Å². The van der Waals surface area contributed by atoms with Crippen molar-refractivity contribution in [1.29, 1.82) is 0 Å². The predicted molar refractivity (Wildman–Crippen MR) is 94.8 cm³/mol. The van der Waals surface area contributed by atoms with E-state index >= 15 is 0 Å². The van der Waals surface area contributed by atoms with Gasteiger partial charge in [-0.1, -0.05) is 20.8 Å². The molecule has 0 bridgehead atoms. The summed E-state index contributed by atoms with van der Waals surface area (Å²) in [6, 6.07) is 0.603. The van der Waals surface area contributed by atoms with Crippen LogP contribution in [0.5, 0.6) is 0 Å². The van der Waals surface area contributed by atoms with Crippen molar-refractivity contribution in [3.05, 3.63) is 16.1 Å². The van der Waals surface area contributed by atoms with Gasteiger partial charge in [0.25, 0.3) is 0 Å². The van der Waals surface area contributed by atoms with Crippen LogP contribution in [-0.2, 0) is 16.6 Å². The average molecular weight is 336 g/mol. The van der Waals surface area contributed by atoms with Crippen LogP contribution in [0, 0.1) is 5.92 Å². The van der Waals surface area contributed by atoms with Crippen LogP contribution in [0.25, 0.3) is 0 Å². The summed E-state index contributed by atoms with van der Waals surface area (Å²) in [5.74, 6) is 1.16. The fourth-order valence-corrected chi connectivity index (χ4v) is 3.89. The number of thiazole rings is 1. The van der Waals surface area contributed by atoms with Gasteiger partial charge in [0, 0.05) is 29.9 Å². The summed E-state index contributed by atoms with van der Waals surface area (Å²) in [6.07, 6.45) is 5.42. The Kier molecular flexibility index (Phi) is 5.07. The van der Waals surface area contributed by atoms with E-state index in [1.807, 2.05) is 10.3 Å². The number of carbonyl (C=O) groups excluding carboxylic acids is 1. The molecule has 1 saturated carbocycles. The Morgan fingerprint density at radius 3 is 2.57 bits per heavy atom. The van der Waals surface area contributed by atoms with Crippen LogP contribution in [0.15, 0.2) is 5.38 Å². The van der Waals surface area contributed by atoms with E-state index in [0.29, 0.717) is 12.5 Å². The van der Waals surface area contributed by atoms with E-state index in [4.69, 9.17) is 0 Å². The zero-order valence-corrected chi connectivity index (χ0v) is 15.4. The van der Waals surface area contributed by atoms with Crippen molar-refractivity contribution in [1.82, 2.24) is 15.2 Å². The van der Waals surface area contributed by atoms with Gasteiger partial charge in [0.1, 0.15) is 0 Å². The van der Waals surface area contributed by atoms with Gasteiger partial charge in [-0.2, -0.15) is 0 Å². The molecule has 1 aromatic heterocycles. The molecule has 2 heterocycles. The summed E-state index contributed by atoms with van der Waals surface area (Å²) in [7, 11) is 0. The van der Waals surface area contributed by atoms with Crippen LogP contribution in [0.1, 0.15) is 57.2 Å². The first-order valence-corrected chi connectivity index (χ1v) is 9.76. The Bertz CT molecular complexity index is 537. The van der Waals surface area contributed by atoms with Crippen molar-refractivity contribution in [3.63, 3.8) is 0 Å². The number of likely N-dealkylation sites (tertiary alicyclic amines) is 1. The molecule has 1 aromatic rings. The highest BCUT2D eigenvalue weighted by Gasteiger charge is 2.26. The van der Waals surface area contributed by atoms with Crippen molar-refractivity contribution in [2.75, 3.05) is 19.6 Å². The van der Waals surface area contributed by atoms with E-state index in [0.717, 1.165) is 42.6 Å². The monoisotopic (exact) mass is 335 g/mol. The predicted octanol–water partition coefficient (Wildman–Crippen LogP) is 2.97. The number of aromatic nitrogens is 1. The third kappa shape index (κ3) is 4.77. The standard InChI is InChI=1S/C18H29N3OS/c1-18(2,3)17-20-15(12-23-17)10-16(22)21-8-6-14(7-9-21)19-11-13-4-5-13/h12-14,19H,4-11H2,1-3H3. The van der Waals surface area contributed by atoms with Gasteiger partial charge in [0.2, 0.25) is 5.91 Å². The fraction of sp³-hybridized carbons (Fsp3) is 0.778. The lowest BCUT2D eigenvalue weighted by atomic mass is 9.98. The molecule has 5 heteroatoms. The smallest absolute Gasteiger partial charge is 0.228 e. The summed E-state index contributed by atoms with van der Waals surface area (Å²) >= 11 is 1.67. The van der Waals surface area contributed by atoms with Gasteiger partial charge in [0.15, 0.2) is 0 Å². The summed E-state index contributed by atoms with van der Waals surface area (Å²) in [4.78, 5) is 19.1. The van der Waals surface area contributed by atoms with Gasteiger partial charge in [-0.25, -0.2) is 4.98 Å². The van der Waals surface area contributed by atoms with Crippen molar-refractivity contribution in [2.45, 2.75) is 64.3 Å². The van der Waals surface area contributed by atoms with Crippen LogP contribution in [0.3, 0.4) is 0 Å². The normalized spacial score (nSPS) is 20.0. The SMILES string of the molecule is CC(C)(C)c1nc(CC(=O)N2CCC(NCC3CC3)CC2)cs1. The van der Waals surface area contributed by atoms with Crippen LogP contribution in [0.2, 0.25) is 0 Å². The van der Waals surface area contributed by atoms with Gasteiger partial charge in [0.05, 0.1) is 17.1 Å². The first-order valence-electron chi connectivity index (χ1n) is 8.88. The minimum Gasteiger partial charge on any atom is -0.342 e. The first kappa shape index (κ1) is 16.9. The molecule has 1 saturated heterocycles. The molecule has 3 rings (SSSR count). The molecule has 0 radical (unpaired) electrons. The number of rotatable bonds is 5. The Morgan fingerprint density at radius 2 is 2.00 bits per heavy atom. The van der Waals surface area contributed by atoms with Crippen molar-refractivity contribution >= 4 is 17.2 Å². The molecule has 4 nitrogen and oxygen atoms in total. The third-order valence-corrected chi connectivity index (χ3v) is 6.08. The molecule has 0 spiro atoms. The molecule has 23 heavy (non-hydrogen) atoms. The second kappa shape index (κ2) is 6.89. The molecule has 1 aliphatic heterocycles. The molecule has 1 N–H and O–H groups in total. The van der Waals surface area contributed by atoms with E-state index in [-0.39, 0.29) is 11.3 Å². The Hall–Kier alpha value is -0.940. The maximum Gasteiger partial charge on any atom is 0.228 e. The molecule has 1 amide bonds. The lowest BCUT2D eigenvalue weighted by Gasteiger charge is -2.32. The number of carbonyl (C=O) groups is 1. The summed E-state index contributed by atoms with van der Waals surface area (Å²) in [6.45, 7) is 9.44. The van der Waals surface area contributed by atoms with Crippen molar-refractivity contribution < 1.29 is 4.79 Å². The number of hydrogen-bond acceptors (Lipinski definition) is 4. The van der Waals surface area contributed by atoms with Crippen LogP contribution in [0.4, 0.5) is 0 Å². The Labute approximate surface area is 143 Å². The summed E-state index contributed by atoms with van der Waals surface area (Å²) in [5, 5.41) is 6.82. The van der Waals surface area contributed by atoms with E-state index in [9.17, 15) is 4.79 Å². The summed E-state index contributed by atoms with van der Waals surface area (Å²) in [5.41, 5.74) is 0.997. The largest absolute Gasteiger partial charge is 0.342 e. The van der Waals surface area contributed by atoms with Crippen LogP contribution < -0.4 is 5.32 Å². The number of hydrogen-bond donors (Lipinski definition) is 1. The molecule has 0 aromatic carbocycles. The Morgan fingerprint density at radius 1 is 1.30 bits per heavy atom. The van der Waals surface area contributed by atoms with Crippen molar-refractivity contribution in [3.8, 4) is 0 Å². The molecular weight excluding hydrogens is 306 g/mol. The van der Waals surface area contributed by atoms with Gasteiger partial charge in [-0.3, -0.25) is 4.79 Å². The zero-order chi connectivity index (χ0) is 16.4. The highest BCUT2D eigenvalue weighted by Crippen LogP contribution is 2.28. The van der Waals surface area contributed by atoms with E-state index in [1.54, 1.807) is 11.3 Å². The number of nitrogens with zero attached hydrogens (tertiary/aromatic N) is 2. The first-order chi connectivity index (χ1) is 10.9. The molecule has 0 atom stereocenters. The second-order valence-electron chi connectivity index (χ2n) is 8.08. The van der Waals surface area contributed by atoms with E-state index < -0.39 is 0 Å². The second-order valence-corrected chi connectivity index (χ2v) is 8.94. The minimum atomic E-state index is 0.0670. The lowest BCUT2D eigenvalue weighted by molar-refractivity contribution is -0.131. The number of piperidine rings is 1. The molecule has 128 valence electrons. The number of amides is 1. The van der Waals surface area contributed by atoms with Crippen LogP contribution >= 0.6 is 11.3 Å². The van der Waals surface area contributed by atoms with Gasteiger partial charge in [-0.05, 0) is 38.1 Å². The van der Waals surface area contributed by atoms with E-state index in [1.165, 1.54) is 19.4 Å². The Balaban J connectivity index is 1.44. The van der Waals surface area contributed by atoms with Gasteiger partial charge < -0.3 is 10.2 Å². The molecule has 2 fully saturated rings. The van der Waals surface area contributed by atoms with Gasteiger partial charge >= 0.3 is 0 Å². The average Bonchev–Trinajstić information content (AvgIpc) is 3.21. The fourth-order valence-electron chi connectivity index (χ4n) is 2.99. The molecule has 2 aliphatic rings. The molecule has 1 aliphatic carbocycles. The highest BCUT2D eigenvalue weighted by molar-refractivity contribution is 7.09. The van der Waals surface area contributed by atoms with Crippen LogP contribution in [-0.4, -0.2) is 41.5 Å². The lowest BCUT2D eigenvalue weighted by Crippen LogP contribution is -2.45. The number of nitrogens with one attached hydrogen (secondary N) is 1. The maximum absolute atomic E-state index is 12.5. The topological polar surface area (TPSA) is 45.2 Å². The van der Waals surface area contributed by atoms with Crippen molar-refractivity contribution in [2.24, 2.45) is 5.92 Å². The quantitative estimate of drug-likeness (QED) is 0.900. The highest BCUT2D eigenvalue weighted by atomic mass is 32.1.